The van der Waals surface area contributed by atoms with Crippen LogP contribution in [0.25, 0.3) is 6.08 Å². The lowest BCUT2D eigenvalue weighted by Crippen LogP contribution is -2.30. The molecule has 172 valence electrons. The van der Waals surface area contributed by atoms with Gasteiger partial charge in [-0.2, -0.15) is 0 Å². The molecule has 8 heteroatoms. The highest BCUT2D eigenvalue weighted by Crippen LogP contribution is 2.30. The maximum Gasteiger partial charge on any atom is 0.283 e. The molecule has 0 unspecified atom stereocenters. The molecule has 0 bridgehead atoms. The summed E-state index contributed by atoms with van der Waals surface area (Å²) in [5.41, 5.74) is 3.08. The van der Waals surface area contributed by atoms with Crippen LogP contribution in [0.2, 0.25) is 5.02 Å². The molecule has 34 heavy (non-hydrogen) atoms. The number of halogens is 2. The Morgan fingerprint density at radius 1 is 1.09 bits per heavy atom. The van der Waals surface area contributed by atoms with Crippen molar-refractivity contribution in [2.24, 2.45) is 4.99 Å². The summed E-state index contributed by atoms with van der Waals surface area (Å²) in [4.78, 5) is 31.7. The maximum atomic E-state index is 13.2. The summed E-state index contributed by atoms with van der Waals surface area (Å²) in [7, 11) is 0. The Labute approximate surface area is 206 Å². The minimum atomic E-state index is -0.350. The number of aliphatic imine (C=N–C) groups is 1. The number of para-hydroxylation sites is 1. The SMILES string of the molecule is Cc1c(Cl)cccc1NC(=O)CCSC1=N/C(=C/c2ccc(F)cc2)C(=O)N1c1ccccc1. The van der Waals surface area contributed by atoms with Crippen LogP contribution < -0.4 is 10.2 Å². The Kier molecular flexibility index (Phi) is 7.45. The summed E-state index contributed by atoms with van der Waals surface area (Å²) in [6.07, 6.45) is 1.85. The van der Waals surface area contributed by atoms with Gasteiger partial charge in [0, 0.05) is 22.9 Å². The van der Waals surface area contributed by atoms with Gasteiger partial charge in [-0.3, -0.25) is 14.5 Å². The van der Waals surface area contributed by atoms with Crippen LogP contribution in [0.5, 0.6) is 0 Å². The van der Waals surface area contributed by atoms with Crippen molar-refractivity contribution in [2.45, 2.75) is 13.3 Å². The number of carbonyl (C=O) groups is 2. The minimum Gasteiger partial charge on any atom is -0.326 e. The fraction of sp³-hybridized carbons (Fsp3) is 0.115. The van der Waals surface area contributed by atoms with Gasteiger partial charge in [-0.25, -0.2) is 9.38 Å². The van der Waals surface area contributed by atoms with Crippen LogP contribution in [-0.2, 0) is 9.59 Å². The highest BCUT2D eigenvalue weighted by atomic mass is 35.5. The van der Waals surface area contributed by atoms with Gasteiger partial charge in [0.05, 0.1) is 5.69 Å². The lowest BCUT2D eigenvalue weighted by molar-refractivity contribution is -0.116. The molecule has 1 aliphatic rings. The molecule has 0 aliphatic carbocycles. The zero-order chi connectivity index (χ0) is 24.1. The molecule has 0 saturated carbocycles. The standard InChI is InChI=1S/C26H21ClFN3O2S/c1-17-21(27)8-5-9-22(17)29-24(32)14-15-34-26-30-23(16-18-10-12-19(28)13-11-18)25(33)31(26)20-6-3-2-4-7-20/h2-13,16H,14-15H2,1H3,(H,29,32)/b23-16+. The van der Waals surface area contributed by atoms with Crippen LogP contribution >= 0.6 is 23.4 Å². The van der Waals surface area contributed by atoms with Crippen LogP contribution in [0.3, 0.4) is 0 Å². The smallest absolute Gasteiger partial charge is 0.283 e. The monoisotopic (exact) mass is 493 g/mol. The third kappa shape index (κ3) is 5.55. The van der Waals surface area contributed by atoms with Crippen molar-refractivity contribution in [3.8, 4) is 0 Å². The maximum absolute atomic E-state index is 13.2. The number of hydrogen-bond acceptors (Lipinski definition) is 4. The van der Waals surface area contributed by atoms with E-state index in [1.54, 1.807) is 36.4 Å². The molecule has 3 aromatic rings. The molecular weight excluding hydrogens is 473 g/mol. The van der Waals surface area contributed by atoms with E-state index in [1.807, 2.05) is 37.3 Å². The Balaban J connectivity index is 1.49. The van der Waals surface area contributed by atoms with Crippen LogP contribution in [0, 0.1) is 12.7 Å². The fourth-order valence-corrected chi connectivity index (χ4v) is 4.43. The number of amides is 2. The molecule has 1 aliphatic heterocycles. The first-order valence-corrected chi connectivity index (χ1v) is 11.9. The average Bonchev–Trinajstić information content (AvgIpc) is 3.13. The second-order valence-corrected chi connectivity index (χ2v) is 8.98. The largest absolute Gasteiger partial charge is 0.326 e. The van der Waals surface area contributed by atoms with E-state index in [4.69, 9.17) is 11.6 Å². The number of anilines is 2. The number of nitrogens with one attached hydrogen (secondary N) is 1. The molecule has 4 rings (SSSR count). The van der Waals surface area contributed by atoms with Crippen molar-refractivity contribution in [1.29, 1.82) is 0 Å². The van der Waals surface area contributed by atoms with Gasteiger partial charge < -0.3 is 5.32 Å². The highest BCUT2D eigenvalue weighted by molar-refractivity contribution is 8.14. The zero-order valence-corrected chi connectivity index (χ0v) is 19.9. The molecule has 0 radical (unpaired) electrons. The lowest BCUT2D eigenvalue weighted by atomic mass is 10.2. The van der Waals surface area contributed by atoms with E-state index < -0.39 is 0 Å². The van der Waals surface area contributed by atoms with E-state index >= 15 is 0 Å². The molecule has 0 aromatic heterocycles. The first-order valence-electron chi connectivity index (χ1n) is 10.6. The number of hydrogen-bond donors (Lipinski definition) is 1. The molecule has 0 atom stereocenters. The van der Waals surface area contributed by atoms with E-state index in [9.17, 15) is 14.0 Å². The van der Waals surface area contributed by atoms with E-state index in [0.29, 0.717) is 32.9 Å². The molecule has 5 nitrogen and oxygen atoms in total. The van der Waals surface area contributed by atoms with E-state index in [-0.39, 0.29) is 29.7 Å². The van der Waals surface area contributed by atoms with Crippen molar-refractivity contribution in [1.82, 2.24) is 0 Å². The van der Waals surface area contributed by atoms with Gasteiger partial charge in [0.15, 0.2) is 5.17 Å². The number of thioether (sulfide) groups is 1. The normalized spacial score (nSPS) is 14.4. The van der Waals surface area contributed by atoms with Crippen LogP contribution in [-0.4, -0.2) is 22.7 Å². The molecule has 0 fully saturated rings. The van der Waals surface area contributed by atoms with Gasteiger partial charge >= 0.3 is 0 Å². The summed E-state index contributed by atoms with van der Waals surface area (Å²) >= 11 is 7.44. The second-order valence-electron chi connectivity index (χ2n) is 7.51. The zero-order valence-electron chi connectivity index (χ0n) is 18.3. The Hall–Kier alpha value is -3.42. The molecule has 3 aromatic carbocycles. The van der Waals surface area contributed by atoms with Crippen molar-refractivity contribution in [2.75, 3.05) is 16.0 Å². The van der Waals surface area contributed by atoms with Crippen molar-refractivity contribution in [3.63, 3.8) is 0 Å². The summed E-state index contributed by atoms with van der Waals surface area (Å²) in [5.74, 6) is -0.366. The second kappa shape index (κ2) is 10.7. The number of benzene rings is 3. The number of carbonyl (C=O) groups excluding carboxylic acids is 2. The minimum absolute atomic E-state index is 0.156. The number of rotatable bonds is 6. The van der Waals surface area contributed by atoms with Gasteiger partial charge in [-0.15, -0.1) is 0 Å². The third-order valence-corrected chi connectivity index (χ3v) is 6.47. The van der Waals surface area contributed by atoms with Crippen LogP contribution in [0.1, 0.15) is 17.5 Å². The predicted octanol–water partition coefficient (Wildman–Crippen LogP) is 6.29. The van der Waals surface area contributed by atoms with Crippen LogP contribution in [0.15, 0.2) is 83.5 Å². The average molecular weight is 494 g/mol. The summed E-state index contributed by atoms with van der Waals surface area (Å²) in [5, 5.41) is 3.95. The molecule has 2 amide bonds. The quantitative estimate of drug-likeness (QED) is 0.410. The van der Waals surface area contributed by atoms with Crippen molar-refractivity contribution >= 4 is 57.8 Å². The fourth-order valence-electron chi connectivity index (χ4n) is 3.31. The predicted molar refractivity (Wildman–Crippen MR) is 138 cm³/mol. The van der Waals surface area contributed by atoms with Gasteiger partial charge in [0.1, 0.15) is 11.5 Å². The third-order valence-electron chi connectivity index (χ3n) is 5.12. The molecule has 1 heterocycles. The van der Waals surface area contributed by atoms with Crippen molar-refractivity contribution in [3.05, 3.63) is 100 Å². The number of amidine groups is 1. The van der Waals surface area contributed by atoms with Crippen molar-refractivity contribution < 1.29 is 14.0 Å². The summed E-state index contributed by atoms with van der Waals surface area (Å²) in [6.45, 7) is 1.85. The van der Waals surface area contributed by atoms with E-state index in [0.717, 1.165) is 5.56 Å². The van der Waals surface area contributed by atoms with Gasteiger partial charge in [-0.05, 0) is 60.5 Å². The molecule has 0 spiro atoms. The van der Waals surface area contributed by atoms with Gasteiger partial charge in [0.2, 0.25) is 5.91 Å². The molecular formula is C26H21ClFN3O2S. The van der Waals surface area contributed by atoms with Gasteiger partial charge in [-0.1, -0.05) is 59.8 Å². The van der Waals surface area contributed by atoms with E-state index in [2.05, 4.69) is 10.3 Å². The van der Waals surface area contributed by atoms with Crippen LogP contribution in [0.4, 0.5) is 15.8 Å². The first-order chi connectivity index (χ1) is 16.4. The Morgan fingerprint density at radius 2 is 1.82 bits per heavy atom. The Bertz CT molecular complexity index is 1280. The molecule has 1 N–H and O–H groups in total. The van der Waals surface area contributed by atoms with E-state index in [1.165, 1.54) is 28.8 Å². The topological polar surface area (TPSA) is 61.8 Å². The van der Waals surface area contributed by atoms with Gasteiger partial charge in [0.25, 0.3) is 5.91 Å². The Morgan fingerprint density at radius 3 is 2.56 bits per heavy atom. The molecule has 0 saturated heterocycles. The first kappa shape index (κ1) is 23.7. The lowest BCUT2D eigenvalue weighted by Gasteiger charge is -2.17. The number of nitrogens with zero attached hydrogens (tertiary/aromatic N) is 2. The summed E-state index contributed by atoms with van der Waals surface area (Å²) < 4.78 is 13.2. The summed E-state index contributed by atoms with van der Waals surface area (Å²) in [6, 6.07) is 20.4. The highest BCUT2D eigenvalue weighted by Gasteiger charge is 2.31.